The summed E-state index contributed by atoms with van der Waals surface area (Å²) in [6.45, 7) is 0. The van der Waals surface area contributed by atoms with Crippen LogP contribution in [-0.4, -0.2) is 35.1 Å². The molecule has 2 aromatic carbocycles. The molecule has 0 aliphatic rings. The van der Waals surface area contributed by atoms with Gasteiger partial charge in [-0.15, -0.1) is 0 Å². The van der Waals surface area contributed by atoms with Gasteiger partial charge in [0.1, 0.15) is 6.04 Å². The van der Waals surface area contributed by atoms with Gasteiger partial charge in [-0.25, -0.2) is 4.79 Å². The van der Waals surface area contributed by atoms with Gasteiger partial charge in [-0.1, -0.05) is 36.4 Å². The van der Waals surface area contributed by atoms with Crippen LogP contribution in [0.25, 0.3) is 10.9 Å². The summed E-state index contributed by atoms with van der Waals surface area (Å²) in [5, 5.41) is 13.5. The summed E-state index contributed by atoms with van der Waals surface area (Å²) in [4.78, 5) is 29.1. The van der Waals surface area contributed by atoms with Crippen LogP contribution < -0.4 is 5.32 Å². The molecule has 0 aliphatic heterocycles. The smallest absolute Gasteiger partial charge is 0.416 e. The average Bonchev–Trinajstić information content (AvgIpc) is 2.77. The molecule has 0 aliphatic carbocycles. The Hall–Kier alpha value is -3.46. The van der Waals surface area contributed by atoms with Gasteiger partial charge in [0, 0.05) is 17.5 Å². The van der Waals surface area contributed by atoms with E-state index >= 15 is 0 Å². The van der Waals surface area contributed by atoms with Gasteiger partial charge >= 0.3 is 12.1 Å². The average molecular weight is 432 g/mol. The Bertz CT molecular complexity index is 1080. The molecule has 1 aromatic heterocycles. The van der Waals surface area contributed by atoms with Crippen molar-refractivity contribution in [2.75, 3.05) is 7.11 Å². The van der Waals surface area contributed by atoms with Crippen molar-refractivity contribution in [2.24, 2.45) is 0 Å². The highest BCUT2D eigenvalue weighted by Crippen LogP contribution is 2.30. The Balaban J connectivity index is 1.75. The van der Waals surface area contributed by atoms with E-state index < -0.39 is 35.8 Å². The standard InChI is InChI=1S/C22H19F3N2O4/c1-31-21(30)18(12-16-11-8-13-4-2-3-5-17(13)26-16)27-20(29)19(28)14-6-9-15(10-7-14)22(23,24)25/h2-11,18-19,28H,12H2,1H3,(H,27,29)/t18-,19+/m1/s1. The van der Waals surface area contributed by atoms with Crippen LogP contribution in [0.15, 0.2) is 60.7 Å². The van der Waals surface area contributed by atoms with Crippen molar-refractivity contribution in [3.8, 4) is 0 Å². The van der Waals surface area contributed by atoms with E-state index in [0.29, 0.717) is 11.2 Å². The third kappa shape index (κ3) is 5.37. The van der Waals surface area contributed by atoms with Crippen LogP contribution in [0.3, 0.4) is 0 Å². The number of para-hydroxylation sites is 1. The van der Waals surface area contributed by atoms with Crippen LogP contribution >= 0.6 is 0 Å². The van der Waals surface area contributed by atoms with Crippen molar-refractivity contribution in [1.29, 1.82) is 0 Å². The van der Waals surface area contributed by atoms with E-state index in [1.165, 1.54) is 0 Å². The molecule has 0 radical (unpaired) electrons. The van der Waals surface area contributed by atoms with Crippen LogP contribution in [0, 0.1) is 0 Å². The fraction of sp³-hybridized carbons (Fsp3) is 0.227. The maximum absolute atomic E-state index is 12.7. The zero-order valence-electron chi connectivity index (χ0n) is 16.4. The number of aromatic nitrogens is 1. The second-order valence-electron chi connectivity index (χ2n) is 6.81. The van der Waals surface area contributed by atoms with Crippen LogP contribution in [0.4, 0.5) is 13.2 Å². The van der Waals surface area contributed by atoms with E-state index in [2.05, 4.69) is 10.3 Å². The molecule has 0 saturated heterocycles. The summed E-state index contributed by atoms with van der Waals surface area (Å²) in [6, 6.07) is 13.3. The Kier molecular flexibility index (Phi) is 6.55. The van der Waals surface area contributed by atoms with Crippen LogP contribution in [0.5, 0.6) is 0 Å². The van der Waals surface area contributed by atoms with Crippen molar-refractivity contribution in [3.63, 3.8) is 0 Å². The number of hydrogen-bond donors (Lipinski definition) is 2. The lowest BCUT2D eigenvalue weighted by atomic mass is 10.0. The summed E-state index contributed by atoms with van der Waals surface area (Å²) in [7, 11) is 1.15. The number of benzene rings is 2. The molecular formula is C22H19F3N2O4. The largest absolute Gasteiger partial charge is 0.467 e. The lowest BCUT2D eigenvalue weighted by Crippen LogP contribution is -2.45. The SMILES string of the molecule is COC(=O)[C@@H](Cc1ccc2ccccc2n1)NC(=O)[C@@H](O)c1ccc(C(F)(F)F)cc1. The molecule has 31 heavy (non-hydrogen) atoms. The summed E-state index contributed by atoms with van der Waals surface area (Å²) in [6.07, 6.45) is -6.30. The van der Waals surface area contributed by atoms with E-state index in [4.69, 9.17) is 4.74 Å². The van der Waals surface area contributed by atoms with Gasteiger partial charge < -0.3 is 15.2 Å². The third-order valence-electron chi connectivity index (χ3n) is 4.67. The minimum Gasteiger partial charge on any atom is -0.467 e. The maximum atomic E-state index is 12.7. The zero-order chi connectivity index (χ0) is 22.6. The number of esters is 1. The number of carbonyl (C=O) groups is 2. The van der Waals surface area contributed by atoms with Gasteiger partial charge in [-0.05, 0) is 29.8 Å². The number of nitrogens with one attached hydrogen (secondary N) is 1. The number of aliphatic hydroxyl groups excluding tert-OH is 1. The van der Waals surface area contributed by atoms with E-state index in [-0.39, 0.29) is 12.0 Å². The number of carbonyl (C=O) groups excluding carboxylic acids is 2. The molecule has 1 amide bonds. The number of halogens is 3. The lowest BCUT2D eigenvalue weighted by molar-refractivity contribution is -0.146. The van der Waals surface area contributed by atoms with Crippen molar-refractivity contribution < 1.29 is 32.6 Å². The lowest BCUT2D eigenvalue weighted by Gasteiger charge is -2.19. The number of pyridine rings is 1. The molecule has 0 bridgehead atoms. The molecule has 9 heteroatoms. The predicted octanol–water partition coefficient (Wildman–Crippen LogP) is 3.19. The Labute approximate surface area is 175 Å². The molecule has 3 aromatic rings. The molecule has 0 spiro atoms. The molecular weight excluding hydrogens is 413 g/mol. The van der Waals surface area contributed by atoms with Crippen molar-refractivity contribution in [2.45, 2.75) is 24.7 Å². The van der Waals surface area contributed by atoms with E-state index in [0.717, 1.165) is 36.8 Å². The van der Waals surface area contributed by atoms with Crippen molar-refractivity contribution >= 4 is 22.8 Å². The monoisotopic (exact) mass is 432 g/mol. The fourth-order valence-electron chi connectivity index (χ4n) is 3.02. The Morgan fingerprint density at radius 1 is 1.06 bits per heavy atom. The number of aliphatic hydroxyl groups is 1. The first kappa shape index (κ1) is 22.2. The number of ether oxygens (including phenoxy) is 1. The topological polar surface area (TPSA) is 88.5 Å². The van der Waals surface area contributed by atoms with Gasteiger partial charge in [0.05, 0.1) is 18.2 Å². The minimum atomic E-state index is -4.53. The highest BCUT2D eigenvalue weighted by molar-refractivity contribution is 5.87. The normalized spacial score (nSPS) is 13.5. The number of methoxy groups -OCH3 is 1. The van der Waals surface area contributed by atoms with Crippen LogP contribution in [0.2, 0.25) is 0 Å². The molecule has 162 valence electrons. The first-order valence-electron chi connectivity index (χ1n) is 9.27. The third-order valence-corrected chi connectivity index (χ3v) is 4.67. The highest BCUT2D eigenvalue weighted by atomic mass is 19.4. The number of nitrogens with zero attached hydrogens (tertiary/aromatic N) is 1. The summed E-state index contributed by atoms with van der Waals surface area (Å²) in [5.74, 6) is -1.70. The second kappa shape index (κ2) is 9.13. The Morgan fingerprint density at radius 3 is 2.39 bits per heavy atom. The zero-order valence-corrected chi connectivity index (χ0v) is 16.4. The number of fused-ring (bicyclic) bond motifs is 1. The molecule has 6 nitrogen and oxygen atoms in total. The molecule has 0 saturated carbocycles. The van der Waals surface area contributed by atoms with Gasteiger partial charge in [-0.2, -0.15) is 13.2 Å². The Morgan fingerprint density at radius 2 is 1.74 bits per heavy atom. The van der Waals surface area contributed by atoms with Gasteiger partial charge in [0.25, 0.3) is 5.91 Å². The molecule has 2 N–H and O–H groups in total. The van der Waals surface area contributed by atoms with Gasteiger partial charge in [0.2, 0.25) is 0 Å². The van der Waals surface area contributed by atoms with Crippen molar-refractivity contribution in [1.82, 2.24) is 10.3 Å². The predicted molar refractivity (Wildman–Crippen MR) is 106 cm³/mol. The van der Waals surface area contributed by atoms with Gasteiger partial charge in [0.15, 0.2) is 6.10 Å². The summed E-state index contributed by atoms with van der Waals surface area (Å²) >= 11 is 0. The second-order valence-corrected chi connectivity index (χ2v) is 6.81. The number of alkyl halides is 3. The van der Waals surface area contributed by atoms with E-state index in [1.54, 1.807) is 12.1 Å². The van der Waals surface area contributed by atoms with Gasteiger partial charge in [-0.3, -0.25) is 9.78 Å². The number of amides is 1. The molecule has 1 heterocycles. The van der Waals surface area contributed by atoms with Crippen LogP contribution in [0.1, 0.15) is 22.9 Å². The van der Waals surface area contributed by atoms with Crippen LogP contribution in [-0.2, 0) is 26.9 Å². The fourth-order valence-corrected chi connectivity index (χ4v) is 3.02. The molecule has 2 atom stereocenters. The maximum Gasteiger partial charge on any atom is 0.416 e. The number of rotatable bonds is 6. The van der Waals surface area contributed by atoms with E-state index in [9.17, 15) is 27.9 Å². The van der Waals surface area contributed by atoms with E-state index in [1.807, 2.05) is 24.3 Å². The summed E-state index contributed by atoms with van der Waals surface area (Å²) in [5.41, 5.74) is 0.273. The minimum absolute atomic E-state index is 0.00296. The highest BCUT2D eigenvalue weighted by Gasteiger charge is 2.31. The molecule has 0 fully saturated rings. The summed E-state index contributed by atoms with van der Waals surface area (Å²) < 4.78 is 42.8. The molecule has 3 rings (SSSR count). The first-order chi connectivity index (χ1) is 14.7. The molecule has 0 unspecified atom stereocenters. The number of hydrogen-bond acceptors (Lipinski definition) is 5. The van der Waals surface area contributed by atoms with Crippen molar-refractivity contribution in [3.05, 3.63) is 77.5 Å². The first-order valence-corrected chi connectivity index (χ1v) is 9.27. The quantitative estimate of drug-likeness (QED) is 0.584.